The summed E-state index contributed by atoms with van der Waals surface area (Å²) in [4.78, 5) is 14.1. The zero-order valence-corrected chi connectivity index (χ0v) is 15.2. The van der Waals surface area contributed by atoms with E-state index in [4.69, 9.17) is 9.47 Å². The van der Waals surface area contributed by atoms with Crippen molar-refractivity contribution < 1.29 is 27.4 Å². The highest BCUT2D eigenvalue weighted by molar-refractivity contribution is 5.75. The van der Waals surface area contributed by atoms with Crippen LogP contribution in [0.2, 0.25) is 0 Å². The van der Waals surface area contributed by atoms with Gasteiger partial charge < -0.3 is 19.7 Å². The van der Waals surface area contributed by atoms with Gasteiger partial charge in [0.2, 0.25) is 0 Å². The molecular formula is C18H25F3N2O3. The molecule has 1 heterocycles. The third-order valence-corrected chi connectivity index (χ3v) is 4.47. The van der Waals surface area contributed by atoms with Gasteiger partial charge in [0.1, 0.15) is 12.4 Å². The Morgan fingerprint density at radius 3 is 2.69 bits per heavy atom. The molecule has 1 aromatic rings. The number of carbonyl (C=O) groups excluding carboxylic acids is 1. The lowest BCUT2D eigenvalue weighted by atomic mass is 10.0. The molecule has 0 radical (unpaired) electrons. The number of nitrogens with zero attached hydrogens (tertiary/aromatic N) is 1. The summed E-state index contributed by atoms with van der Waals surface area (Å²) in [5.41, 5.74) is -0.825. The van der Waals surface area contributed by atoms with Gasteiger partial charge in [-0.15, -0.1) is 0 Å². The van der Waals surface area contributed by atoms with Crippen LogP contribution in [-0.4, -0.2) is 49.4 Å². The summed E-state index contributed by atoms with van der Waals surface area (Å²) in [7, 11) is 1.66. The first kappa shape index (κ1) is 20.4. The predicted molar refractivity (Wildman–Crippen MR) is 91.1 cm³/mol. The Bertz CT molecular complexity index is 610. The maximum absolute atomic E-state index is 13.0. The van der Waals surface area contributed by atoms with Crippen LogP contribution in [0.1, 0.15) is 32.3 Å². The van der Waals surface area contributed by atoms with Crippen LogP contribution in [-0.2, 0) is 10.9 Å². The van der Waals surface area contributed by atoms with Gasteiger partial charge in [0.15, 0.2) is 0 Å². The van der Waals surface area contributed by atoms with Crippen LogP contribution in [0.5, 0.6) is 5.75 Å². The first-order valence-electron chi connectivity index (χ1n) is 8.61. The number of hydrogen-bond acceptors (Lipinski definition) is 3. The largest absolute Gasteiger partial charge is 0.491 e. The van der Waals surface area contributed by atoms with Crippen molar-refractivity contribution in [2.24, 2.45) is 0 Å². The van der Waals surface area contributed by atoms with Gasteiger partial charge in [0.05, 0.1) is 17.7 Å². The fourth-order valence-electron chi connectivity index (χ4n) is 3.02. The minimum absolute atomic E-state index is 0.0350. The molecule has 1 aliphatic heterocycles. The van der Waals surface area contributed by atoms with Crippen molar-refractivity contribution in [1.82, 2.24) is 10.2 Å². The smallest absolute Gasteiger partial charge is 0.419 e. The Morgan fingerprint density at radius 1 is 1.38 bits per heavy atom. The summed E-state index contributed by atoms with van der Waals surface area (Å²) < 4.78 is 49.5. The lowest BCUT2D eigenvalue weighted by Gasteiger charge is -2.37. The SMILES string of the molecule is COC1CCN(C(=O)NC(C)COc2ccccc2C(F)(F)F)C(C)C1. The quantitative estimate of drug-likeness (QED) is 0.855. The second kappa shape index (κ2) is 8.62. The summed E-state index contributed by atoms with van der Waals surface area (Å²) in [6.45, 7) is 4.17. The molecule has 1 saturated heterocycles. The maximum Gasteiger partial charge on any atom is 0.419 e. The number of amides is 2. The van der Waals surface area contributed by atoms with Crippen molar-refractivity contribution in [2.45, 2.75) is 51.1 Å². The first-order chi connectivity index (χ1) is 12.2. The molecule has 0 bridgehead atoms. The number of ether oxygens (including phenoxy) is 2. The third-order valence-electron chi connectivity index (χ3n) is 4.47. The Kier molecular flexibility index (Phi) is 6.75. The molecule has 26 heavy (non-hydrogen) atoms. The highest BCUT2D eigenvalue weighted by Gasteiger charge is 2.34. The molecule has 8 heteroatoms. The molecule has 3 unspecified atom stereocenters. The molecule has 1 N–H and O–H groups in total. The molecule has 1 aliphatic rings. The van der Waals surface area contributed by atoms with Crippen LogP contribution in [0, 0.1) is 0 Å². The number of piperidine rings is 1. The topological polar surface area (TPSA) is 50.8 Å². The first-order valence-corrected chi connectivity index (χ1v) is 8.61. The third kappa shape index (κ3) is 5.27. The number of urea groups is 1. The Balaban J connectivity index is 1.88. The van der Waals surface area contributed by atoms with Gasteiger partial charge >= 0.3 is 12.2 Å². The highest BCUT2D eigenvalue weighted by atomic mass is 19.4. The number of rotatable bonds is 5. The van der Waals surface area contributed by atoms with E-state index in [1.54, 1.807) is 18.9 Å². The van der Waals surface area contributed by atoms with Gasteiger partial charge in [0.25, 0.3) is 0 Å². The number of likely N-dealkylation sites (tertiary alicyclic amines) is 1. The minimum atomic E-state index is -4.48. The monoisotopic (exact) mass is 374 g/mol. The van der Waals surface area contributed by atoms with Crippen LogP contribution < -0.4 is 10.1 Å². The predicted octanol–water partition coefficient (Wildman–Crippen LogP) is 3.68. The van der Waals surface area contributed by atoms with Gasteiger partial charge in [-0.3, -0.25) is 0 Å². The summed E-state index contributed by atoms with van der Waals surface area (Å²) in [5.74, 6) is -0.240. The average Bonchev–Trinajstić information content (AvgIpc) is 2.59. The molecule has 1 fully saturated rings. The van der Waals surface area contributed by atoms with Crippen LogP contribution >= 0.6 is 0 Å². The van der Waals surface area contributed by atoms with Crippen LogP contribution in [0.3, 0.4) is 0 Å². The zero-order valence-electron chi connectivity index (χ0n) is 15.2. The molecular weight excluding hydrogens is 349 g/mol. The van der Waals surface area contributed by atoms with E-state index in [0.717, 1.165) is 18.9 Å². The van der Waals surface area contributed by atoms with Gasteiger partial charge in [-0.05, 0) is 38.8 Å². The number of hydrogen-bond donors (Lipinski definition) is 1. The number of carbonyl (C=O) groups is 1. The normalized spacial score (nSPS) is 22.0. The molecule has 146 valence electrons. The van der Waals surface area contributed by atoms with E-state index in [1.807, 2.05) is 6.92 Å². The van der Waals surface area contributed by atoms with Gasteiger partial charge in [-0.1, -0.05) is 12.1 Å². The fourth-order valence-corrected chi connectivity index (χ4v) is 3.02. The molecule has 0 aromatic heterocycles. The van der Waals surface area contributed by atoms with E-state index < -0.39 is 17.8 Å². The average molecular weight is 374 g/mol. The van der Waals surface area contributed by atoms with Crippen molar-refractivity contribution in [3.63, 3.8) is 0 Å². The Hall–Kier alpha value is -1.96. The standard InChI is InChI=1S/C18H25F3N2O3/c1-12(11-26-16-7-5-4-6-15(16)18(19,20)21)22-17(24)23-9-8-14(25-3)10-13(23)2/h4-7,12-14H,8-11H2,1-3H3,(H,22,24). The van der Waals surface area contributed by atoms with Crippen LogP contribution in [0.25, 0.3) is 0 Å². The van der Waals surface area contributed by atoms with Crippen molar-refractivity contribution >= 4 is 6.03 Å². The number of nitrogens with one attached hydrogen (secondary N) is 1. The van der Waals surface area contributed by atoms with Crippen molar-refractivity contribution in [3.05, 3.63) is 29.8 Å². The zero-order chi connectivity index (χ0) is 19.3. The van der Waals surface area contributed by atoms with Gasteiger partial charge in [-0.2, -0.15) is 13.2 Å². The second-order valence-corrected chi connectivity index (χ2v) is 6.58. The molecule has 2 amide bonds. The molecule has 2 rings (SSSR count). The fraction of sp³-hybridized carbons (Fsp3) is 0.611. The van der Waals surface area contributed by atoms with E-state index in [1.165, 1.54) is 18.2 Å². The summed E-state index contributed by atoms with van der Waals surface area (Å²) in [6, 6.07) is 4.40. The molecule has 0 spiro atoms. The molecule has 0 saturated carbocycles. The van der Waals surface area contributed by atoms with E-state index in [0.29, 0.717) is 6.54 Å². The Morgan fingerprint density at radius 2 is 2.08 bits per heavy atom. The lowest BCUT2D eigenvalue weighted by molar-refractivity contribution is -0.139. The highest BCUT2D eigenvalue weighted by Crippen LogP contribution is 2.35. The van der Waals surface area contributed by atoms with E-state index in [-0.39, 0.29) is 30.5 Å². The Labute approximate surface area is 151 Å². The number of halogens is 3. The molecule has 5 nitrogen and oxygen atoms in total. The maximum atomic E-state index is 13.0. The lowest BCUT2D eigenvalue weighted by Crippen LogP contribution is -2.53. The molecule has 0 aliphatic carbocycles. The van der Waals surface area contributed by atoms with Gasteiger partial charge in [0, 0.05) is 19.7 Å². The van der Waals surface area contributed by atoms with Crippen LogP contribution in [0.15, 0.2) is 24.3 Å². The van der Waals surface area contributed by atoms with E-state index in [2.05, 4.69) is 5.32 Å². The van der Waals surface area contributed by atoms with E-state index in [9.17, 15) is 18.0 Å². The number of methoxy groups -OCH3 is 1. The second-order valence-electron chi connectivity index (χ2n) is 6.58. The summed E-state index contributed by atoms with van der Waals surface area (Å²) in [6.07, 6.45) is -2.82. The van der Waals surface area contributed by atoms with Gasteiger partial charge in [-0.25, -0.2) is 4.79 Å². The van der Waals surface area contributed by atoms with Crippen molar-refractivity contribution in [1.29, 1.82) is 0 Å². The summed E-state index contributed by atoms with van der Waals surface area (Å²) in [5, 5.41) is 2.78. The summed E-state index contributed by atoms with van der Waals surface area (Å²) >= 11 is 0. The van der Waals surface area contributed by atoms with E-state index >= 15 is 0 Å². The molecule has 1 aromatic carbocycles. The minimum Gasteiger partial charge on any atom is -0.491 e. The van der Waals surface area contributed by atoms with Crippen molar-refractivity contribution in [2.75, 3.05) is 20.3 Å². The van der Waals surface area contributed by atoms with Crippen molar-refractivity contribution in [3.8, 4) is 5.75 Å². The number of alkyl halides is 3. The molecule has 3 atom stereocenters. The van der Waals surface area contributed by atoms with Crippen LogP contribution in [0.4, 0.5) is 18.0 Å². The number of para-hydroxylation sites is 1. The number of benzene rings is 1.